The van der Waals surface area contributed by atoms with Crippen LogP contribution in [0.2, 0.25) is 0 Å². The molecule has 0 aromatic heterocycles. The number of carbonyl (C=O) groups excluding carboxylic acids is 2. The van der Waals surface area contributed by atoms with E-state index in [4.69, 9.17) is 4.74 Å². The predicted octanol–water partition coefficient (Wildman–Crippen LogP) is 3.92. The number of methoxy groups -OCH3 is 1. The highest BCUT2D eigenvalue weighted by molar-refractivity contribution is 5.98. The lowest BCUT2D eigenvalue weighted by molar-refractivity contribution is -0.117. The third-order valence-corrected chi connectivity index (χ3v) is 4.57. The molecule has 0 heterocycles. The van der Waals surface area contributed by atoms with Gasteiger partial charge in [-0.25, -0.2) is 0 Å². The minimum absolute atomic E-state index is 0.0345. The van der Waals surface area contributed by atoms with E-state index in [9.17, 15) is 9.59 Å². The van der Waals surface area contributed by atoms with Crippen molar-refractivity contribution in [1.29, 1.82) is 0 Å². The SMILES string of the molecule is CCC(NC(=O)c1cccc(NC(=O)C2CC2)c1)c1ccc(OC)cc1. The molecule has 1 atom stereocenters. The molecular weight excluding hydrogens is 328 g/mol. The second kappa shape index (κ2) is 8.04. The van der Waals surface area contributed by atoms with Crippen LogP contribution in [0, 0.1) is 5.92 Å². The zero-order chi connectivity index (χ0) is 18.5. The first-order valence-corrected chi connectivity index (χ1v) is 8.96. The second-order valence-corrected chi connectivity index (χ2v) is 6.55. The van der Waals surface area contributed by atoms with Gasteiger partial charge in [-0.15, -0.1) is 0 Å². The lowest BCUT2D eigenvalue weighted by Crippen LogP contribution is -2.28. The Morgan fingerprint density at radius 3 is 2.50 bits per heavy atom. The summed E-state index contributed by atoms with van der Waals surface area (Å²) in [6, 6.07) is 14.7. The van der Waals surface area contributed by atoms with Crippen molar-refractivity contribution in [1.82, 2.24) is 5.32 Å². The van der Waals surface area contributed by atoms with Crippen LogP contribution in [-0.4, -0.2) is 18.9 Å². The molecule has 1 unspecified atom stereocenters. The molecular formula is C21H24N2O3. The standard InChI is InChI=1S/C21H24N2O3/c1-3-19(14-9-11-18(26-2)12-10-14)23-21(25)16-5-4-6-17(13-16)22-20(24)15-7-8-15/h4-6,9-13,15,19H,3,7-8H2,1-2H3,(H,22,24)(H,23,25). The fraction of sp³-hybridized carbons (Fsp3) is 0.333. The molecule has 2 aromatic carbocycles. The van der Waals surface area contributed by atoms with E-state index in [1.54, 1.807) is 31.4 Å². The van der Waals surface area contributed by atoms with Crippen LogP contribution < -0.4 is 15.4 Å². The van der Waals surface area contributed by atoms with Gasteiger partial charge in [0.2, 0.25) is 5.91 Å². The predicted molar refractivity (Wildman–Crippen MR) is 101 cm³/mol. The molecule has 0 aliphatic heterocycles. The Morgan fingerprint density at radius 2 is 1.88 bits per heavy atom. The van der Waals surface area contributed by atoms with Crippen molar-refractivity contribution in [3.63, 3.8) is 0 Å². The van der Waals surface area contributed by atoms with Crippen LogP contribution in [0.5, 0.6) is 5.75 Å². The van der Waals surface area contributed by atoms with Gasteiger partial charge in [-0.2, -0.15) is 0 Å². The lowest BCUT2D eigenvalue weighted by atomic mass is 10.0. The van der Waals surface area contributed by atoms with E-state index in [2.05, 4.69) is 10.6 Å². The summed E-state index contributed by atoms with van der Waals surface area (Å²) < 4.78 is 5.18. The third-order valence-electron chi connectivity index (χ3n) is 4.57. The van der Waals surface area contributed by atoms with Crippen molar-refractivity contribution in [2.75, 3.05) is 12.4 Å². The molecule has 5 heteroatoms. The van der Waals surface area contributed by atoms with Crippen molar-refractivity contribution in [2.45, 2.75) is 32.2 Å². The smallest absolute Gasteiger partial charge is 0.251 e. The normalized spacial score (nSPS) is 14.4. The van der Waals surface area contributed by atoms with E-state index in [1.807, 2.05) is 31.2 Å². The number of hydrogen-bond acceptors (Lipinski definition) is 3. The van der Waals surface area contributed by atoms with Gasteiger partial charge in [-0.3, -0.25) is 9.59 Å². The van der Waals surface area contributed by atoms with Crippen LogP contribution in [0.4, 0.5) is 5.69 Å². The van der Waals surface area contributed by atoms with E-state index in [0.29, 0.717) is 11.3 Å². The van der Waals surface area contributed by atoms with Crippen LogP contribution in [0.25, 0.3) is 0 Å². The van der Waals surface area contributed by atoms with Crippen LogP contribution in [0.1, 0.15) is 48.1 Å². The molecule has 2 N–H and O–H groups in total. The highest BCUT2D eigenvalue weighted by atomic mass is 16.5. The highest BCUT2D eigenvalue weighted by Crippen LogP contribution is 2.30. The first-order chi connectivity index (χ1) is 12.6. The maximum atomic E-state index is 12.6. The van der Waals surface area contributed by atoms with E-state index in [-0.39, 0.29) is 23.8 Å². The van der Waals surface area contributed by atoms with Gasteiger partial charge >= 0.3 is 0 Å². The largest absolute Gasteiger partial charge is 0.497 e. The number of hydrogen-bond donors (Lipinski definition) is 2. The molecule has 5 nitrogen and oxygen atoms in total. The summed E-state index contributed by atoms with van der Waals surface area (Å²) >= 11 is 0. The van der Waals surface area contributed by atoms with Gasteiger partial charge in [0.15, 0.2) is 0 Å². The van der Waals surface area contributed by atoms with Gasteiger partial charge in [0.25, 0.3) is 5.91 Å². The molecule has 1 saturated carbocycles. The first-order valence-electron chi connectivity index (χ1n) is 8.96. The minimum atomic E-state index is -0.157. The average Bonchev–Trinajstić information content (AvgIpc) is 3.51. The molecule has 0 spiro atoms. The maximum Gasteiger partial charge on any atom is 0.251 e. The topological polar surface area (TPSA) is 67.4 Å². The van der Waals surface area contributed by atoms with Gasteiger partial charge in [0.05, 0.1) is 13.2 Å². The Hall–Kier alpha value is -2.82. The van der Waals surface area contributed by atoms with E-state index < -0.39 is 0 Å². The molecule has 1 fully saturated rings. The molecule has 0 radical (unpaired) electrons. The van der Waals surface area contributed by atoms with Gasteiger partial charge in [0, 0.05) is 17.2 Å². The Morgan fingerprint density at radius 1 is 1.15 bits per heavy atom. The number of carbonyl (C=O) groups is 2. The molecule has 0 bridgehead atoms. The van der Waals surface area contributed by atoms with Crippen molar-refractivity contribution in [3.8, 4) is 5.75 Å². The van der Waals surface area contributed by atoms with Gasteiger partial charge in [0.1, 0.15) is 5.75 Å². The number of amides is 2. The van der Waals surface area contributed by atoms with Crippen LogP contribution in [0.15, 0.2) is 48.5 Å². The van der Waals surface area contributed by atoms with Gasteiger partial charge < -0.3 is 15.4 Å². The van der Waals surface area contributed by atoms with Crippen LogP contribution >= 0.6 is 0 Å². The molecule has 2 aromatic rings. The molecule has 2 amide bonds. The zero-order valence-corrected chi connectivity index (χ0v) is 15.1. The Labute approximate surface area is 153 Å². The number of ether oxygens (including phenoxy) is 1. The monoisotopic (exact) mass is 352 g/mol. The fourth-order valence-corrected chi connectivity index (χ4v) is 2.83. The second-order valence-electron chi connectivity index (χ2n) is 6.55. The maximum absolute atomic E-state index is 12.6. The summed E-state index contributed by atoms with van der Waals surface area (Å²) in [6.07, 6.45) is 2.67. The number of benzene rings is 2. The van der Waals surface area contributed by atoms with E-state index >= 15 is 0 Å². The van der Waals surface area contributed by atoms with Crippen molar-refractivity contribution in [2.24, 2.45) is 5.92 Å². The van der Waals surface area contributed by atoms with Crippen molar-refractivity contribution in [3.05, 3.63) is 59.7 Å². The van der Waals surface area contributed by atoms with Crippen LogP contribution in [-0.2, 0) is 4.79 Å². The lowest BCUT2D eigenvalue weighted by Gasteiger charge is -2.18. The summed E-state index contributed by atoms with van der Waals surface area (Å²) in [5.41, 5.74) is 2.22. The summed E-state index contributed by atoms with van der Waals surface area (Å²) in [6.45, 7) is 2.03. The van der Waals surface area contributed by atoms with E-state index in [0.717, 1.165) is 30.6 Å². The molecule has 1 aliphatic rings. The summed E-state index contributed by atoms with van der Waals surface area (Å²) in [5, 5.41) is 5.94. The fourth-order valence-electron chi connectivity index (χ4n) is 2.83. The average molecular weight is 352 g/mol. The van der Waals surface area contributed by atoms with Crippen LogP contribution in [0.3, 0.4) is 0 Å². The number of anilines is 1. The third kappa shape index (κ3) is 4.42. The molecule has 136 valence electrons. The van der Waals surface area contributed by atoms with Crippen molar-refractivity contribution >= 4 is 17.5 Å². The molecule has 3 rings (SSSR count). The Balaban J connectivity index is 1.68. The number of rotatable bonds is 7. The zero-order valence-electron chi connectivity index (χ0n) is 15.1. The molecule has 1 aliphatic carbocycles. The van der Waals surface area contributed by atoms with Gasteiger partial charge in [-0.05, 0) is 55.2 Å². The first kappa shape index (κ1) is 18.0. The Kier molecular flexibility index (Phi) is 5.56. The van der Waals surface area contributed by atoms with Crippen molar-refractivity contribution < 1.29 is 14.3 Å². The van der Waals surface area contributed by atoms with E-state index in [1.165, 1.54) is 0 Å². The summed E-state index contributed by atoms with van der Waals surface area (Å²) in [5.74, 6) is 0.795. The summed E-state index contributed by atoms with van der Waals surface area (Å²) in [4.78, 5) is 24.5. The minimum Gasteiger partial charge on any atom is -0.497 e. The van der Waals surface area contributed by atoms with Gasteiger partial charge in [-0.1, -0.05) is 25.1 Å². The number of nitrogens with one attached hydrogen (secondary N) is 2. The highest BCUT2D eigenvalue weighted by Gasteiger charge is 2.29. The summed E-state index contributed by atoms with van der Waals surface area (Å²) in [7, 11) is 1.63. The molecule has 0 saturated heterocycles. The Bertz CT molecular complexity index is 782. The molecule has 26 heavy (non-hydrogen) atoms. The quantitative estimate of drug-likeness (QED) is 0.793.